The maximum absolute atomic E-state index is 13.7. The van der Waals surface area contributed by atoms with Crippen molar-refractivity contribution in [3.8, 4) is 28.7 Å². The minimum atomic E-state index is -3.02. The Hall–Kier alpha value is -4.85. The van der Waals surface area contributed by atoms with Crippen molar-refractivity contribution < 1.29 is 22.7 Å². The summed E-state index contributed by atoms with van der Waals surface area (Å²) in [4.78, 5) is 32.4. The Balaban J connectivity index is 1.43. The Morgan fingerprint density at radius 1 is 1.15 bits per heavy atom. The quantitative estimate of drug-likeness (QED) is 0.307. The first-order valence-electron chi connectivity index (χ1n) is 12.7. The fraction of sp³-hybridized carbons (Fsp3) is 0.259. The predicted molar refractivity (Wildman–Crippen MR) is 142 cm³/mol. The van der Waals surface area contributed by atoms with Crippen molar-refractivity contribution in [1.29, 1.82) is 0 Å². The molecule has 2 N–H and O–H groups in total. The van der Waals surface area contributed by atoms with Crippen molar-refractivity contribution in [2.75, 3.05) is 20.1 Å². The van der Waals surface area contributed by atoms with Crippen LogP contribution in [0.2, 0.25) is 0 Å². The van der Waals surface area contributed by atoms with Gasteiger partial charge < -0.3 is 19.5 Å². The summed E-state index contributed by atoms with van der Waals surface area (Å²) in [6, 6.07) is 9.93. The molecule has 1 amide bonds. The van der Waals surface area contributed by atoms with Crippen molar-refractivity contribution in [1.82, 2.24) is 44.9 Å². The normalized spacial score (nSPS) is 17.7. The third kappa shape index (κ3) is 5.45. The molecule has 1 aromatic carbocycles. The van der Waals surface area contributed by atoms with Crippen LogP contribution in [0, 0.1) is 5.82 Å². The number of hydrogen-bond donors (Lipinski definition) is 2. The van der Waals surface area contributed by atoms with Crippen molar-refractivity contribution in [3.63, 3.8) is 0 Å². The topological polar surface area (TPSA) is 127 Å². The first-order chi connectivity index (χ1) is 19.9. The van der Waals surface area contributed by atoms with Gasteiger partial charge in [0.25, 0.3) is 5.91 Å². The number of imidazole rings is 1. The number of pyridine rings is 2. The number of piperidine rings is 1. The maximum Gasteiger partial charge on any atom is 0.387 e. The van der Waals surface area contributed by atoms with E-state index in [1.165, 1.54) is 24.7 Å². The highest BCUT2D eigenvalue weighted by atomic mass is 19.3. The highest BCUT2D eigenvalue weighted by molar-refractivity contribution is 5.92. The summed E-state index contributed by atoms with van der Waals surface area (Å²) in [6.45, 7) is -1.92. The average molecular weight is 564 g/mol. The number of carbonyl (C=O) groups excluding carboxylic acids is 1. The highest BCUT2D eigenvalue weighted by Crippen LogP contribution is 2.37. The number of aromatic nitrogens is 7. The number of halogens is 3. The lowest BCUT2D eigenvalue weighted by Gasteiger charge is -2.37. The number of alkyl halides is 2. The number of fused-ring (bicyclic) bond motifs is 1. The summed E-state index contributed by atoms with van der Waals surface area (Å²) in [5.41, 5.74) is 2.09. The number of aromatic amines is 1. The fourth-order valence-corrected chi connectivity index (χ4v) is 5.23. The molecule has 0 saturated carbocycles. The predicted octanol–water partition coefficient (Wildman–Crippen LogP) is 3.69. The molecule has 2 atom stereocenters. The highest BCUT2D eigenvalue weighted by Gasteiger charge is 2.32. The molecule has 14 heteroatoms. The van der Waals surface area contributed by atoms with E-state index in [-0.39, 0.29) is 23.5 Å². The van der Waals surface area contributed by atoms with Crippen LogP contribution < -0.4 is 10.1 Å². The monoisotopic (exact) mass is 563 g/mol. The average Bonchev–Trinajstić information content (AvgIpc) is 3.61. The number of carbonyl (C=O) groups is 1. The van der Waals surface area contributed by atoms with Gasteiger partial charge >= 0.3 is 6.61 Å². The zero-order chi connectivity index (χ0) is 28.5. The fourth-order valence-electron chi connectivity index (χ4n) is 5.23. The molecular weight excluding hydrogens is 539 g/mol. The molecule has 0 spiro atoms. The zero-order valence-electron chi connectivity index (χ0n) is 21.7. The lowest BCUT2D eigenvalue weighted by Crippen LogP contribution is -2.50. The van der Waals surface area contributed by atoms with Gasteiger partial charge in [0.05, 0.1) is 23.3 Å². The molecule has 1 aliphatic heterocycles. The Kier molecular flexibility index (Phi) is 7.05. The van der Waals surface area contributed by atoms with E-state index >= 15 is 0 Å². The summed E-state index contributed by atoms with van der Waals surface area (Å²) in [5.74, 6) is -0.208. The molecule has 0 radical (unpaired) electrons. The Bertz CT molecular complexity index is 1690. The van der Waals surface area contributed by atoms with E-state index in [0.29, 0.717) is 53.4 Å². The summed E-state index contributed by atoms with van der Waals surface area (Å²) in [5, 5.41) is 9.66. The molecule has 5 heterocycles. The van der Waals surface area contributed by atoms with Crippen molar-refractivity contribution in [3.05, 3.63) is 72.7 Å². The molecule has 1 aliphatic rings. The van der Waals surface area contributed by atoms with E-state index in [2.05, 4.69) is 30.5 Å². The number of ether oxygens (including phenoxy) is 1. The van der Waals surface area contributed by atoms with Crippen LogP contribution in [0.5, 0.6) is 5.75 Å². The number of likely N-dealkylation sites (tertiary alicyclic amines) is 1. The van der Waals surface area contributed by atoms with E-state index < -0.39 is 18.3 Å². The number of rotatable bonds is 7. The lowest BCUT2D eigenvalue weighted by atomic mass is 9.99. The maximum atomic E-state index is 13.7. The summed E-state index contributed by atoms with van der Waals surface area (Å²) < 4.78 is 47.2. The molecule has 0 aliphatic carbocycles. The molecule has 1 fully saturated rings. The van der Waals surface area contributed by atoms with Crippen LogP contribution in [-0.4, -0.2) is 78.3 Å². The van der Waals surface area contributed by atoms with Gasteiger partial charge in [-0.05, 0) is 37.7 Å². The Morgan fingerprint density at radius 3 is 2.78 bits per heavy atom. The van der Waals surface area contributed by atoms with Gasteiger partial charge in [-0.1, -0.05) is 12.1 Å². The molecule has 5 aromatic rings. The minimum Gasteiger partial charge on any atom is -0.434 e. The Labute approximate surface area is 231 Å². The van der Waals surface area contributed by atoms with Gasteiger partial charge in [0.15, 0.2) is 5.82 Å². The van der Waals surface area contributed by atoms with Crippen LogP contribution in [-0.2, 0) is 0 Å². The lowest BCUT2D eigenvalue weighted by molar-refractivity contribution is -0.0494. The van der Waals surface area contributed by atoms with Gasteiger partial charge in [-0.15, -0.1) is 0 Å². The zero-order valence-corrected chi connectivity index (χ0v) is 21.7. The van der Waals surface area contributed by atoms with E-state index in [1.807, 2.05) is 22.6 Å². The van der Waals surface area contributed by atoms with Crippen LogP contribution in [0.25, 0.3) is 33.9 Å². The second kappa shape index (κ2) is 11.0. The smallest absolute Gasteiger partial charge is 0.387 e. The summed E-state index contributed by atoms with van der Waals surface area (Å²) in [6.07, 6.45) is 4.68. The first-order valence-corrected chi connectivity index (χ1v) is 12.7. The third-order valence-corrected chi connectivity index (χ3v) is 6.84. The number of nitrogens with one attached hydrogen (secondary N) is 2. The summed E-state index contributed by atoms with van der Waals surface area (Å²) >= 11 is 0. The van der Waals surface area contributed by atoms with Gasteiger partial charge in [-0.25, -0.2) is 14.4 Å². The van der Waals surface area contributed by atoms with Crippen LogP contribution in [0.3, 0.4) is 0 Å². The van der Waals surface area contributed by atoms with Crippen molar-refractivity contribution in [2.45, 2.75) is 25.1 Å². The van der Waals surface area contributed by atoms with Crippen molar-refractivity contribution >= 4 is 16.9 Å². The van der Waals surface area contributed by atoms with Gasteiger partial charge in [0.2, 0.25) is 0 Å². The van der Waals surface area contributed by atoms with Crippen LogP contribution in [0.15, 0.2) is 61.2 Å². The van der Waals surface area contributed by atoms with Gasteiger partial charge in [-0.2, -0.15) is 13.9 Å². The number of para-hydroxylation sites is 1. The number of amides is 1. The number of likely N-dealkylation sites (N-methyl/N-ethyl adjacent to an activating group) is 1. The molecule has 0 unspecified atom stereocenters. The van der Waals surface area contributed by atoms with E-state index in [0.717, 1.165) is 6.07 Å². The molecule has 11 nitrogen and oxygen atoms in total. The van der Waals surface area contributed by atoms with Gasteiger partial charge in [-0.3, -0.25) is 19.9 Å². The van der Waals surface area contributed by atoms with E-state index in [4.69, 9.17) is 9.72 Å². The van der Waals surface area contributed by atoms with E-state index in [9.17, 15) is 18.0 Å². The number of H-pyrrole nitrogens is 1. The molecule has 0 bridgehead atoms. The second-order valence-electron chi connectivity index (χ2n) is 9.71. The van der Waals surface area contributed by atoms with Gasteiger partial charge in [0, 0.05) is 31.4 Å². The Morgan fingerprint density at radius 2 is 2.00 bits per heavy atom. The van der Waals surface area contributed by atoms with E-state index in [1.54, 1.807) is 24.4 Å². The summed E-state index contributed by atoms with van der Waals surface area (Å²) in [7, 11) is 1.92. The first kappa shape index (κ1) is 26.4. The molecule has 6 rings (SSSR count). The molecule has 4 aromatic heterocycles. The second-order valence-corrected chi connectivity index (χ2v) is 9.71. The SMILES string of the molecule is CN1C[C@@H](NC(=O)c2cc(F)ccn2)C[C@@H](n2c(-c3ccccc3OC(F)F)nc3cnc(-c4ncn[nH]4)cc32)C1. The number of benzene rings is 1. The van der Waals surface area contributed by atoms with Gasteiger partial charge in [0.1, 0.15) is 40.6 Å². The molecule has 1 saturated heterocycles. The van der Waals surface area contributed by atoms with Crippen LogP contribution >= 0.6 is 0 Å². The molecular formula is C27H24F3N9O2. The largest absolute Gasteiger partial charge is 0.434 e. The van der Waals surface area contributed by atoms with Crippen LogP contribution in [0.4, 0.5) is 13.2 Å². The van der Waals surface area contributed by atoms with Crippen LogP contribution in [0.1, 0.15) is 23.0 Å². The number of hydrogen-bond acceptors (Lipinski definition) is 8. The molecule has 41 heavy (non-hydrogen) atoms. The number of nitrogens with zero attached hydrogens (tertiary/aromatic N) is 7. The standard InChI is InChI=1S/C27H24F3N9O2/c1-38-12-16(35-26(40)20-8-15(28)6-7-31-20)9-17(13-38)39-22-10-19(24-33-14-34-37-24)32-11-21(22)36-25(39)18-4-2-3-5-23(18)41-27(29)30/h2-8,10-11,14,16-17,27H,9,12-13H2,1H3,(H,35,40)(H,33,34,37)/t16-,17+/m0/s1. The third-order valence-electron chi connectivity index (χ3n) is 6.84. The minimum absolute atomic E-state index is 0.0198. The van der Waals surface area contributed by atoms with Crippen molar-refractivity contribution in [2.24, 2.45) is 0 Å². The molecule has 210 valence electrons.